The van der Waals surface area contributed by atoms with Gasteiger partial charge in [-0.3, -0.25) is 4.79 Å². The molecule has 0 atom stereocenters. The summed E-state index contributed by atoms with van der Waals surface area (Å²) in [7, 11) is 1.52. The van der Waals surface area contributed by atoms with Gasteiger partial charge in [0.15, 0.2) is 5.82 Å². The number of likely N-dealkylation sites (N-methyl/N-ethyl adjacent to an activating group) is 1. The van der Waals surface area contributed by atoms with Crippen molar-refractivity contribution in [2.75, 3.05) is 13.6 Å². The molecule has 0 aliphatic carbocycles. The van der Waals surface area contributed by atoms with Crippen LogP contribution in [0.3, 0.4) is 0 Å². The molecule has 0 saturated heterocycles. The van der Waals surface area contributed by atoms with E-state index in [2.05, 4.69) is 19.8 Å². The molecule has 0 fully saturated rings. The van der Waals surface area contributed by atoms with E-state index in [1.54, 1.807) is 13.0 Å². The predicted molar refractivity (Wildman–Crippen MR) is 65.6 cm³/mol. The van der Waals surface area contributed by atoms with Gasteiger partial charge in [-0.15, -0.1) is 0 Å². The smallest absolute Gasteiger partial charge is 0.361 e. The zero-order chi connectivity index (χ0) is 16.3. The van der Waals surface area contributed by atoms with Crippen LogP contribution in [0.15, 0.2) is 15.1 Å². The maximum atomic E-state index is 12.3. The largest absolute Gasteiger partial charge is 0.471 e. The van der Waals surface area contributed by atoms with Gasteiger partial charge in [0.1, 0.15) is 5.76 Å². The molecule has 0 unspecified atom stereocenters. The summed E-state index contributed by atoms with van der Waals surface area (Å²) in [5, 5.41) is 6.89. The fourth-order valence-electron chi connectivity index (χ4n) is 1.65. The summed E-state index contributed by atoms with van der Waals surface area (Å²) in [6, 6.07) is 1.64. The van der Waals surface area contributed by atoms with E-state index in [4.69, 9.17) is 4.52 Å². The number of amides is 1. The normalized spacial score (nSPS) is 11.7. The molecule has 1 amide bonds. The van der Waals surface area contributed by atoms with Crippen LogP contribution in [0.4, 0.5) is 13.2 Å². The van der Waals surface area contributed by atoms with Crippen LogP contribution < -0.4 is 0 Å². The Morgan fingerprint density at radius 1 is 1.32 bits per heavy atom. The summed E-state index contributed by atoms with van der Waals surface area (Å²) in [6.45, 7) is 1.89. The Kier molecular flexibility index (Phi) is 4.48. The van der Waals surface area contributed by atoms with E-state index < -0.39 is 12.1 Å². The molecule has 2 aromatic heterocycles. The number of aromatic nitrogens is 3. The van der Waals surface area contributed by atoms with Gasteiger partial charge in [-0.1, -0.05) is 10.3 Å². The Bertz CT molecular complexity index is 650. The maximum Gasteiger partial charge on any atom is 0.471 e. The van der Waals surface area contributed by atoms with Crippen LogP contribution in [0.2, 0.25) is 0 Å². The lowest BCUT2D eigenvalue weighted by molar-refractivity contribution is -0.159. The van der Waals surface area contributed by atoms with Gasteiger partial charge in [0, 0.05) is 26.1 Å². The Morgan fingerprint density at radius 3 is 2.59 bits per heavy atom. The van der Waals surface area contributed by atoms with Crippen molar-refractivity contribution in [2.24, 2.45) is 0 Å². The molecule has 0 aromatic carbocycles. The lowest BCUT2D eigenvalue weighted by Crippen LogP contribution is -2.30. The Morgan fingerprint density at radius 2 is 2.05 bits per heavy atom. The van der Waals surface area contributed by atoms with E-state index in [0.717, 1.165) is 0 Å². The molecule has 2 rings (SSSR count). The number of hydrogen-bond donors (Lipinski definition) is 0. The van der Waals surface area contributed by atoms with Crippen LogP contribution >= 0.6 is 0 Å². The van der Waals surface area contributed by atoms with E-state index in [9.17, 15) is 18.0 Å². The molecule has 0 N–H and O–H groups in total. The topological polar surface area (TPSA) is 85.3 Å². The van der Waals surface area contributed by atoms with Crippen LogP contribution in [0.1, 0.15) is 23.2 Å². The highest BCUT2D eigenvalue weighted by atomic mass is 19.4. The molecule has 0 aliphatic rings. The molecule has 0 bridgehead atoms. The number of carbonyl (C=O) groups excluding carboxylic acids is 1. The van der Waals surface area contributed by atoms with E-state index >= 15 is 0 Å². The summed E-state index contributed by atoms with van der Waals surface area (Å²) in [6.07, 6.45) is -4.59. The monoisotopic (exact) mass is 318 g/mol. The first-order valence-corrected chi connectivity index (χ1v) is 6.31. The van der Waals surface area contributed by atoms with Gasteiger partial charge in [-0.2, -0.15) is 18.2 Å². The third-order valence-electron chi connectivity index (χ3n) is 2.81. The third-order valence-corrected chi connectivity index (χ3v) is 2.81. The minimum absolute atomic E-state index is 0.0252. The number of hydrogen-bond acceptors (Lipinski definition) is 6. The Hall–Kier alpha value is -2.39. The van der Waals surface area contributed by atoms with Crippen molar-refractivity contribution in [3.63, 3.8) is 0 Å². The second kappa shape index (κ2) is 6.16. The van der Waals surface area contributed by atoms with E-state index in [0.29, 0.717) is 11.5 Å². The van der Waals surface area contributed by atoms with Gasteiger partial charge < -0.3 is 13.9 Å². The predicted octanol–water partition coefficient (Wildman–Crippen LogP) is 1.63. The van der Waals surface area contributed by atoms with Crippen molar-refractivity contribution in [1.29, 1.82) is 0 Å². The van der Waals surface area contributed by atoms with Gasteiger partial charge in [0.05, 0.1) is 12.1 Å². The first-order chi connectivity index (χ1) is 10.3. The minimum Gasteiger partial charge on any atom is -0.361 e. The van der Waals surface area contributed by atoms with Crippen molar-refractivity contribution >= 4 is 5.91 Å². The van der Waals surface area contributed by atoms with Crippen LogP contribution in [0, 0.1) is 6.92 Å². The fourth-order valence-corrected chi connectivity index (χ4v) is 1.65. The molecular weight excluding hydrogens is 305 g/mol. The lowest BCUT2D eigenvalue weighted by Gasteiger charge is -2.14. The van der Waals surface area contributed by atoms with Crippen LogP contribution in [-0.2, 0) is 23.8 Å². The molecule has 120 valence electrons. The van der Waals surface area contributed by atoms with E-state index in [1.165, 1.54) is 11.9 Å². The van der Waals surface area contributed by atoms with Crippen molar-refractivity contribution in [3.05, 3.63) is 29.2 Å². The van der Waals surface area contributed by atoms with E-state index in [-0.39, 0.29) is 31.1 Å². The summed E-state index contributed by atoms with van der Waals surface area (Å²) in [5.41, 5.74) is 0.664. The van der Waals surface area contributed by atoms with Gasteiger partial charge >= 0.3 is 12.1 Å². The third kappa shape index (κ3) is 4.06. The summed E-state index contributed by atoms with van der Waals surface area (Å²) >= 11 is 0. The summed E-state index contributed by atoms with van der Waals surface area (Å²) < 4.78 is 45.9. The zero-order valence-electron chi connectivity index (χ0n) is 11.8. The van der Waals surface area contributed by atoms with Gasteiger partial charge in [-0.25, -0.2) is 0 Å². The number of rotatable bonds is 5. The minimum atomic E-state index is -4.67. The highest BCUT2D eigenvalue weighted by Crippen LogP contribution is 2.27. The second-order valence-electron chi connectivity index (χ2n) is 4.69. The average molecular weight is 318 g/mol. The summed E-state index contributed by atoms with van der Waals surface area (Å²) in [5.74, 6) is -1.33. The second-order valence-corrected chi connectivity index (χ2v) is 4.69. The molecule has 0 spiro atoms. The average Bonchev–Trinajstić information content (AvgIpc) is 3.04. The maximum absolute atomic E-state index is 12.3. The highest BCUT2D eigenvalue weighted by molar-refractivity contribution is 5.77. The number of carbonyl (C=O) groups is 1. The first kappa shape index (κ1) is 16.0. The van der Waals surface area contributed by atoms with Crippen molar-refractivity contribution < 1.29 is 27.0 Å². The molecule has 10 heteroatoms. The molecule has 0 saturated carbocycles. The summed E-state index contributed by atoms with van der Waals surface area (Å²) in [4.78, 5) is 16.5. The van der Waals surface area contributed by atoms with Crippen LogP contribution in [0.25, 0.3) is 0 Å². The molecule has 0 aliphatic heterocycles. The first-order valence-electron chi connectivity index (χ1n) is 6.31. The zero-order valence-corrected chi connectivity index (χ0v) is 11.8. The standard InChI is InChI=1S/C12H13F3N4O3/c1-7-5-8(21-17-7)6-10(20)19(2)4-3-9-16-11(22-18-9)12(13,14)15/h5H,3-4,6H2,1-2H3. The SMILES string of the molecule is Cc1cc(CC(=O)N(C)CCc2noc(C(F)(F)F)n2)on1. The van der Waals surface area contributed by atoms with Crippen LogP contribution in [-0.4, -0.2) is 39.7 Å². The molecule has 2 heterocycles. The Labute approximate surface area is 123 Å². The molecule has 0 radical (unpaired) electrons. The molecule has 22 heavy (non-hydrogen) atoms. The number of halogens is 3. The van der Waals surface area contributed by atoms with E-state index in [1.807, 2.05) is 0 Å². The van der Waals surface area contributed by atoms with Gasteiger partial charge in [0.2, 0.25) is 5.91 Å². The molecule has 7 nitrogen and oxygen atoms in total. The van der Waals surface area contributed by atoms with Gasteiger partial charge in [-0.05, 0) is 6.92 Å². The Balaban J connectivity index is 1.85. The van der Waals surface area contributed by atoms with Crippen molar-refractivity contribution in [1.82, 2.24) is 20.2 Å². The molecule has 2 aromatic rings. The molecular formula is C12H13F3N4O3. The van der Waals surface area contributed by atoms with Gasteiger partial charge in [0.25, 0.3) is 0 Å². The lowest BCUT2D eigenvalue weighted by atomic mass is 10.2. The number of alkyl halides is 3. The number of nitrogens with zero attached hydrogens (tertiary/aromatic N) is 4. The van der Waals surface area contributed by atoms with Crippen LogP contribution in [0.5, 0.6) is 0 Å². The highest BCUT2D eigenvalue weighted by Gasteiger charge is 2.38. The fraction of sp³-hybridized carbons (Fsp3) is 0.500. The number of aryl methyl sites for hydroxylation is 1. The quantitative estimate of drug-likeness (QED) is 0.833. The van der Waals surface area contributed by atoms with Crippen molar-refractivity contribution in [3.8, 4) is 0 Å². The van der Waals surface area contributed by atoms with Crippen molar-refractivity contribution in [2.45, 2.75) is 25.9 Å².